The second kappa shape index (κ2) is 3.28. The van der Waals surface area contributed by atoms with E-state index in [1.54, 1.807) is 0 Å². The Morgan fingerprint density at radius 1 is 1.17 bits per heavy atom. The predicted molar refractivity (Wildman–Crippen MR) is 62.2 cm³/mol. The highest BCUT2D eigenvalue weighted by Gasteiger charge is 2.53. The Bertz CT molecular complexity index is 597. The molecule has 2 unspecified atom stereocenters. The van der Waals surface area contributed by atoms with Crippen molar-refractivity contribution in [3.8, 4) is 0 Å². The van der Waals surface area contributed by atoms with E-state index in [0.29, 0.717) is 11.3 Å². The van der Waals surface area contributed by atoms with E-state index in [4.69, 9.17) is 4.42 Å². The number of fused-ring (bicyclic) bond motifs is 5. The van der Waals surface area contributed by atoms with Gasteiger partial charge in [0.2, 0.25) is 0 Å². The molecule has 1 saturated carbocycles. The lowest BCUT2D eigenvalue weighted by atomic mass is 9.72. The fourth-order valence-corrected chi connectivity index (χ4v) is 3.60. The SMILES string of the molecule is O=C1C=C(c2cnco2)C(=O)C2C1[C@@H]1C=C[C@H]2C1. The number of Topliss-reactive ketones (excluding diaryl/α,β-unsaturated/α-hetero) is 1. The molecule has 0 N–H and O–H groups in total. The molecule has 0 radical (unpaired) electrons. The third kappa shape index (κ3) is 1.12. The summed E-state index contributed by atoms with van der Waals surface area (Å²) in [5, 5.41) is 0. The van der Waals surface area contributed by atoms with Gasteiger partial charge in [-0.2, -0.15) is 0 Å². The van der Waals surface area contributed by atoms with Crippen molar-refractivity contribution in [2.75, 3.05) is 0 Å². The molecule has 0 amide bonds. The Kier molecular flexibility index (Phi) is 1.82. The lowest BCUT2D eigenvalue weighted by Crippen LogP contribution is -2.36. The Labute approximate surface area is 103 Å². The van der Waals surface area contributed by atoms with Crippen molar-refractivity contribution in [3.05, 3.63) is 36.6 Å². The molecule has 4 nitrogen and oxygen atoms in total. The Morgan fingerprint density at radius 3 is 2.67 bits per heavy atom. The second-order valence-corrected chi connectivity index (χ2v) is 5.19. The van der Waals surface area contributed by atoms with Crippen molar-refractivity contribution in [2.45, 2.75) is 6.42 Å². The second-order valence-electron chi connectivity index (χ2n) is 5.19. The summed E-state index contributed by atoms with van der Waals surface area (Å²) in [5.41, 5.74) is 0.389. The van der Waals surface area contributed by atoms with Gasteiger partial charge in [-0.05, 0) is 24.3 Å². The van der Waals surface area contributed by atoms with Gasteiger partial charge in [0, 0.05) is 11.8 Å². The zero-order valence-corrected chi connectivity index (χ0v) is 9.58. The van der Waals surface area contributed by atoms with Crippen LogP contribution in [0.1, 0.15) is 12.2 Å². The van der Waals surface area contributed by atoms with Gasteiger partial charge in [-0.25, -0.2) is 4.98 Å². The van der Waals surface area contributed by atoms with E-state index in [-0.39, 0.29) is 35.2 Å². The van der Waals surface area contributed by atoms with Crippen LogP contribution in [-0.4, -0.2) is 16.6 Å². The minimum Gasteiger partial charge on any atom is -0.443 e. The van der Waals surface area contributed by atoms with Gasteiger partial charge in [0.05, 0.1) is 11.8 Å². The smallest absolute Gasteiger partial charge is 0.181 e. The van der Waals surface area contributed by atoms with Crippen LogP contribution in [0.2, 0.25) is 0 Å². The third-order valence-electron chi connectivity index (χ3n) is 4.34. The largest absolute Gasteiger partial charge is 0.443 e. The lowest BCUT2D eigenvalue weighted by molar-refractivity contribution is -0.128. The Hall–Kier alpha value is -1.97. The summed E-state index contributed by atoms with van der Waals surface area (Å²) in [6.07, 6.45) is 9.31. The molecule has 18 heavy (non-hydrogen) atoms. The molecule has 1 aromatic heterocycles. The van der Waals surface area contributed by atoms with Crippen LogP contribution in [0.4, 0.5) is 0 Å². The molecule has 3 aliphatic carbocycles. The molecular formula is C14H11NO3. The number of carbonyl (C=O) groups excluding carboxylic acids is 2. The van der Waals surface area contributed by atoms with E-state index in [1.165, 1.54) is 18.7 Å². The molecule has 90 valence electrons. The lowest BCUT2D eigenvalue weighted by Gasteiger charge is -2.28. The van der Waals surface area contributed by atoms with Crippen LogP contribution in [0.15, 0.2) is 35.2 Å². The minimum atomic E-state index is -0.183. The van der Waals surface area contributed by atoms with Gasteiger partial charge in [-0.1, -0.05) is 12.2 Å². The molecular weight excluding hydrogens is 230 g/mol. The number of allylic oxidation sites excluding steroid dienone is 4. The number of hydrogen-bond donors (Lipinski definition) is 0. The van der Waals surface area contributed by atoms with E-state index in [1.807, 2.05) is 0 Å². The average Bonchev–Trinajstić information content (AvgIpc) is 3.06. The first-order valence-electron chi connectivity index (χ1n) is 6.12. The standard InChI is InChI=1S/C14H11NO3/c16-10-4-9(11-5-15-6-18-11)14(17)13-8-2-1-7(3-8)12(10)13/h1-2,4-8,12-13H,3H2/t7-,8+,12?,13?/m1/s1. The highest BCUT2D eigenvalue weighted by atomic mass is 16.3. The van der Waals surface area contributed by atoms with Gasteiger partial charge in [0.25, 0.3) is 0 Å². The van der Waals surface area contributed by atoms with E-state index < -0.39 is 0 Å². The summed E-state index contributed by atoms with van der Waals surface area (Å²) in [7, 11) is 0. The maximum atomic E-state index is 12.5. The summed E-state index contributed by atoms with van der Waals surface area (Å²) >= 11 is 0. The number of ketones is 2. The van der Waals surface area contributed by atoms with Crippen LogP contribution < -0.4 is 0 Å². The van der Waals surface area contributed by atoms with Crippen molar-refractivity contribution in [1.29, 1.82) is 0 Å². The van der Waals surface area contributed by atoms with Crippen LogP contribution in [0.5, 0.6) is 0 Å². The first-order chi connectivity index (χ1) is 8.75. The maximum Gasteiger partial charge on any atom is 0.181 e. The number of oxazole rings is 1. The van der Waals surface area contributed by atoms with Crippen LogP contribution in [-0.2, 0) is 9.59 Å². The summed E-state index contributed by atoms with van der Waals surface area (Å²) in [4.78, 5) is 28.5. The Morgan fingerprint density at radius 2 is 1.94 bits per heavy atom. The van der Waals surface area contributed by atoms with Crippen LogP contribution in [0.3, 0.4) is 0 Å². The summed E-state index contributed by atoms with van der Waals surface area (Å²) in [5.74, 6) is 0.651. The highest BCUT2D eigenvalue weighted by molar-refractivity contribution is 6.29. The quantitative estimate of drug-likeness (QED) is 0.701. The van der Waals surface area contributed by atoms with Crippen molar-refractivity contribution < 1.29 is 14.0 Å². The van der Waals surface area contributed by atoms with E-state index in [9.17, 15) is 9.59 Å². The summed E-state index contributed by atoms with van der Waals surface area (Å²) in [6.45, 7) is 0. The van der Waals surface area contributed by atoms with Gasteiger partial charge in [-0.3, -0.25) is 9.59 Å². The number of nitrogens with zero attached hydrogens (tertiary/aromatic N) is 1. The van der Waals surface area contributed by atoms with Crippen molar-refractivity contribution in [1.82, 2.24) is 4.98 Å². The first kappa shape index (κ1) is 10.00. The molecule has 1 aromatic rings. The molecule has 4 heteroatoms. The molecule has 0 aromatic carbocycles. The minimum absolute atomic E-state index is 0.0354. The molecule has 0 aliphatic heterocycles. The van der Waals surface area contributed by atoms with Crippen molar-refractivity contribution in [3.63, 3.8) is 0 Å². The van der Waals surface area contributed by atoms with Crippen molar-refractivity contribution >= 4 is 17.1 Å². The van der Waals surface area contributed by atoms with Gasteiger partial charge < -0.3 is 4.42 Å². The predicted octanol–water partition coefficient (Wildman–Crippen LogP) is 1.65. The summed E-state index contributed by atoms with van der Waals surface area (Å²) < 4.78 is 5.15. The van der Waals surface area contributed by atoms with Gasteiger partial charge in [0.1, 0.15) is 0 Å². The van der Waals surface area contributed by atoms with Gasteiger partial charge in [0.15, 0.2) is 23.7 Å². The van der Waals surface area contributed by atoms with Crippen LogP contribution >= 0.6 is 0 Å². The fraction of sp³-hybridized carbons (Fsp3) is 0.357. The topological polar surface area (TPSA) is 60.2 Å². The average molecular weight is 241 g/mol. The van der Waals surface area contributed by atoms with E-state index in [0.717, 1.165) is 6.42 Å². The molecule has 3 aliphatic rings. The molecule has 0 spiro atoms. The van der Waals surface area contributed by atoms with Crippen molar-refractivity contribution in [2.24, 2.45) is 23.7 Å². The van der Waals surface area contributed by atoms with Gasteiger partial charge >= 0.3 is 0 Å². The normalized spacial score (nSPS) is 37.0. The fourth-order valence-electron chi connectivity index (χ4n) is 3.60. The van der Waals surface area contributed by atoms with Crippen LogP contribution in [0.25, 0.3) is 5.57 Å². The zero-order chi connectivity index (χ0) is 12.3. The number of hydrogen-bond acceptors (Lipinski definition) is 4. The Balaban J connectivity index is 1.81. The van der Waals surface area contributed by atoms with E-state index >= 15 is 0 Å². The van der Waals surface area contributed by atoms with E-state index in [2.05, 4.69) is 17.1 Å². The monoisotopic (exact) mass is 241 g/mol. The molecule has 4 rings (SSSR count). The molecule has 4 atom stereocenters. The van der Waals surface area contributed by atoms with Gasteiger partial charge in [-0.15, -0.1) is 0 Å². The number of aromatic nitrogens is 1. The molecule has 1 fully saturated rings. The first-order valence-corrected chi connectivity index (χ1v) is 6.12. The highest BCUT2D eigenvalue weighted by Crippen LogP contribution is 2.52. The summed E-state index contributed by atoms with van der Waals surface area (Å²) in [6, 6.07) is 0. The number of carbonyl (C=O) groups is 2. The molecule has 2 bridgehead atoms. The maximum absolute atomic E-state index is 12.5. The van der Waals surface area contributed by atoms with Crippen LogP contribution in [0, 0.1) is 23.7 Å². The molecule has 0 saturated heterocycles. The number of rotatable bonds is 1. The third-order valence-corrected chi connectivity index (χ3v) is 4.34. The molecule has 1 heterocycles. The zero-order valence-electron chi connectivity index (χ0n) is 9.58.